The number of amides is 2. The van der Waals surface area contributed by atoms with Crippen LogP contribution >= 0.6 is 0 Å². The maximum atomic E-state index is 12.8. The Bertz CT molecular complexity index is 1100. The SMILES string of the molecule is COc1ccccc1Oc1ccc(NC(=O)C2CN(C(C)=O)c3ccccc3O2)cc1. The first kappa shape index (κ1) is 20.3. The number of nitrogens with one attached hydrogen (secondary N) is 1. The Labute approximate surface area is 180 Å². The van der Waals surface area contributed by atoms with Gasteiger partial charge in [0, 0.05) is 12.6 Å². The normalized spacial score (nSPS) is 14.8. The van der Waals surface area contributed by atoms with Crippen LogP contribution in [0.3, 0.4) is 0 Å². The van der Waals surface area contributed by atoms with Crippen LogP contribution in [0.15, 0.2) is 72.8 Å². The molecule has 3 aromatic carbocycles. The van der Waals surface area contributed by atoms with Gasteiger partial charge in [0.2, 0.25) is 5.91 Å². The van der Waals surface area contributed by atoms with Crippen LogP contribution in [0.4, 0.5) is 11.4 Å². The minimum absolute atomic E-state index is 0.146. The summed E-state index contributed by atoms with van der Waals surface area (Å²) in [6.07, 6.45) is -0.816. The fraction of sp³-hybridized carbons (Fsp3) is 0.167. The van der Waals surface area contributed by atoms with E-state index in [1.807, 2.05) is 30.3 Å². The van der Waals surface area contributed by atoms with E-state index < -0.39 is 6.10 Å². The minimum Gasteiger partial charge on any atom is -0.493 e. The number of carbonyl (C=O) groups is 2. The van der Waals surface area contributed by atoms with Crippen molar-refractivity contribution in [2.75, 3.05) is 23.9 Å². The summed E-state index contributed by atoms with van der Waals surface area (Å²) in [7, 11) is 1.58. The van der Waals surface area contributed by atoms with E-state index >= 15 is 0 Å². The first-order valence-corrected chi connectivity index (χ1v) is 9.81. The monoisotopic (exact) mass is 418 g/mol. The van der Waals surface area contributed by atoms with E-state index in [4.69, 9.17) is 14.2 Å². The Hall–Kier alpha value is -4.00. The first-order chi connectivity index (χ1) is 15.0. The molecule has 1 aliphatic rings. The second-order valence-corrected chi connectivity index (χ2v) is 6.97. The van der Waals surface area contributed by atoms with Gasteiger partial charge in [0.05, 0.1) is 19.3 Å². The highest BCUT2D eigenvalue weighted by atomic mass is 16.5. The summed E-state index contributed by atoms with van der Waals surface area (Å²) in [6.45, 7) is 1.62. The van der Waals surface area contributed by atoms with Crippen molar-refractivity contribution < 1.29 is 23.8 Å². The Morgan fingerprint density at radius 1 is 0.968 bits per heavy atom. The molecule has 0 bridgehead atoms. The third kappa shape index (κ3) is 4.45. The van der Waals surface area contributed by atoms with Crippen LogP contribution in [0.25, 0.3) is 0 Å². The number of benzene rings is 3. The van der Waals surface area contributed by atoms with Crippen molar-refractivity contribution >= 4 is 23.2 Å². The average molecular weight is 418 g/mol. The van der Waals surface area contributed by atoms with Crippen molar-refractivity contribution in [2.45, 2.75) is 13.0 Å². The van der Waals surface area contributed by atoms with Gasteiger partial charge in [-0.1, -0.05) is 24.3 Å². The lowest BCUT2D eigenvalue weighted by Crippen LogP contribution is -2.48. The highest BCUT2D eigenvalue weighted by Gasteiger charge is 2.32. The molecular weight excluding hydrogens is 396 g/mol. The molecule has 1 unspecified atom stereocenters. The molecule has 3 aromatic rings. The fourth-order valence-corrected chi connectivity index (χ4v) is 3.33. The van der Waals surface area contributed by atoms with Crippen molar-refractivity contribution in [2.24, 2.45) is 0 Å². The first-order valence-electron chi connectivity index (χ1n) is 9.81. The average Bonchev–Trinajstić information content (AvgIpc) is 2.79. The predicted octanol–water partition coefficient (Wildman–Crippen LogP) is 4.24. The molecule has 1 atom stereocenters. The molecule has 4 rings (SSSR count). The summed E-state index contributed by atoms with van der Waals surface area (Å²) >= 11 is 0. The van der Waals surface area contributed by atoms with Crippen LogP contribution in [-0.4, -0.2) is 31.6 Å². The van der Waals surface area contributed by atoms with Gasteiger partial charge in [-0.2, -0.15) is 0 Å². The summed E-state index contributed by atoms with van der Waals surface area (Å²) < 4.78 is 17.0. The smallest absolute Gasteiger partial charge is 0.267 e. The maximum Gasteiger partial charge on any atom is 0.267 e. The summed E-state index contributed by atoms with van der Waals surface area (Å²) in [5, 5.41) is 2.83. The second kappa shape index (κ2) is 8.79. The van der Waals surface area contributed by atoms with Gasteiger partial charge in [0.15, 0.2) is 17.6 Å². The Morgan fingerprint density at radius 2 is 1.65 bits per heavy atom. The molecule has 158 valence electrons. The lowest BCUT2D eigenvalue weighted by atomic mass is 10.1. The molecule has 0 saturated heterocycles. The summed E-state index contributed by atoms with van der Waals surface area (Å²) in [6, 6.07) is 21.5. The van der Waals surface area contributed by atoms with E-state index in [0.717, 1.165) is 0 Å². The van der Waals surface area contributed by atoms with Gasteiger partial charge >= 0.3 is 0 Å². The molecule has 0 fully saturated rings. The van der Waals surface area contributed by atoms with Crippen LogP contribution in [0.1, 0.15) is 6.92 Å². The summed E-state index contributed by atoms with van der Waals surface area (Å²) in [5.41, 5.74) is 1.26. The molecule has 0 spiro atoms. The highest BCUT2D eigenvalue weighted by molar-refractivity contribution is 5.99. The van der Waals surface area contributed by atoms with Gasteiger partial charge in [-0.05, 0) is 48.5 Å². The van der Waals surface area contributed by atoms with Crippen LogP contribution in [0, 0.1) is 0 Å². The number of nitrogens with zero attached hydrogens (tertiary/aromatic N) is 1. The standard InChI is InChI=1S/C24H22N2O5/c1-16(27)26-15-23(31-20-8-4-3-7-19(20)26)24(28)25-17-11-13-18(14-12-17)30-22-10-6-5-9-21(22)29-2/h3-14,23H,15H2,1-2H3,(H,25,28). The van der Waals surface area contributed by atoms with Crippen LogP contribution in [0.5, 0.6) is 23.0 Å². The zero-order chi connectivity index (χ0) is 21.8. The second-order valence-electron chi connectivity index (χ2n) is 6.97. The summed E-state index contributed by atoms with van der Waals surface area (Å²) in [5.74, 6) is 1.85. The van der Waals surface area contributed by atoms with E-state index in [1.54, 1.807) is 54.5 Å². The number of methoxy groups -OCH3 is 1. The predicted molar refractivity (Wildman–Crippen MR) is 117 cm³/mol. The third-order valence-corrected chi connectivity index (χ3v) is 4.86. The van der Waals surface area contributed by atoms with Crippen LogP contribution in [-0.2, 0) is 9.59 Å². The molecule has 2 amide bonds. The lowest BCUT2D eigenvalue weighted by molar-refractivity contribution is -0.123. The van der Waals surface area contributed by atoms with E-state index in [0.29, 0.717) is 34.4 Å². The van der Waals surface area contributed by atoms with E-state index in [2.05, 4.69) is 5.32 Å². The quantitative estimate of drug-likeness (QED) is 0.671. The number of hydrogen-bond acceptors (Lipinski definition) is 5. The van der Waals surface area contributed by atoms with Crippen molar-refractivity contribution in [3.05, 3.63) is 72.8 Å². The highest BCUT2D eigenvalue weighted by Crippen LogP contribution is 2.34. The van der Waals surface area contributed by atoms with Crippen LogP contribution < -0.4 is 24.4 Å². The largest absolute Gasteiger partial charge is 0.493 e. The molecule has 1 N–H and O–H groups in total. The molecule has 0 aliphatic carbocycles. The number of hydrogen-bond donors (Lipinski definition) is 1. The van der Waals surface area contributed by atoms with Gasteiger partial charge in [-0.3, -0.25) is 9.59 Å². The van der Waals surface area contributed by atoms with Crippen molar-refractivity contribution in [3.8, 4) is 23.0 Å². The number of para-hydroxylation sites is 4. The van der Waals surface area contributed by atoms with Gasteiger partial charge in [0.25, 0.3) is 5.91 Å². The zero-order valence-corrected chi connectivity index (χ0v) is 17.2. The zero-order valence-electron chi connectivity index (χ0n) is 17.2. The number of anilines is 2. The number of ether oxygens (including phenoxy) is 3. The number of carbonyl (C=O) groups excluding carboxylic acids is 2. The van der Waals surface area contributed by atoms with E-state index in [-0.39, 0.29) is 18.4 Å². The molecule has 0 radical (unpaired) electrons. The number of rotatable bonds is 5. The Morgan fingerprint density at radius 3 is 2.35 bits per heavy atom. The minimum atomic E-state index is -0.816. The lowest BCUT2D eigenvalue weighted by Gasteiger charge is -2.33. The molecule has 7 nitrogen and oxygen atoms in total. The van der Waals surface area contributed by atoms with Crippen molar-refractivity contribution in [1.29, 1.82) is 0 Å². The van der Waals surface area contributed by atoms with E-state index in [1.165, 1.54) is 6.92 Å². The van der Waals surface area contributed by atoms with Crippen LogP contribution in [0.2, 0.25) is 0 Å². The molecule has 1 aliphatic heterocycles. The van der Waals surface area contributed by atoms with Crippen molar-refractivity contribution in [1.82, 2.24) is 0 Å². The molecule has 31 heavy (non-hydrogen) atoms. The number of fused-ring (bicyclic) bond motifs is 1. The van der Waals surface area contributed by atoms with E-state index in [9.17, 15) is 9.59 Å². The summed E-state index contributed by atoms with van der Waals surface area (Å²) in [4.78, 5) is 26.4. The third-order valence-electron chi connectivity index (χ3n) is 4.86. The topological polar surface area (TPSA) is 77.1 Å². The van der Waals surface area contributed by atoms with Gasteiger partial charge < -0.3 is 24.4 Å². The molecule has 1 heterocycles. The molecular formula is C24H22N2O5. The Kier molecular flexibility index (Phi) is 5.75. The maximum absolute atomic E-state index is 12.8. The molecule has 7 heteroatoms. The van der Waals surface area contributed by atoms with Gasteiger partial charge in [-0.15, -0.1) is 0 Å². The molecule has 0 saturated carbocycles. The Balaban J connectivity index is 1.44. The van der Waals surface area contributed by atoms with Crippen molar-refractivity contribution in [3.63, 3.8) is 0 Å². The fourth-order valence-electron chi connectivity index (χ4n) is 3.33. The van der Waals surface area contributed by atoms with Gasteiger partial charge in [-0.25, -0.2) is 0 Å². The van der Waals surface area contributed by atoms with Gasteiger partial charge in [0.1, 0.15) is 11.5 Å². The molecule has 0 aromatic heterocycles.